The molecule has 3 heteroatoms. The van der Waals surface area contributed by atoms with Crippen LogP contribution >= 0.6 is 0 Å². The zero-order chi connectivity index (χ0) is 11.3. The Morgan fingerprint density at radius 3 is 2.47 bits per heavy atom. The van der Waals surface area contributed by atoms with Gasteiger partial charge in [-0.3, -0.25) is 4.79 Å². The summed E-state index contributed by atoms with van der Waals surface area (Å²) in [6, 6.07) is 9.65. The van der Waals surface area contributed by atoms with E-state index in [2.05, 4.69) is 4.74 Å². The van der Waals surface area contributed by atoms with E-state index in [1.165, 1.54) is 7.11 Å². The van der Waals surface area contributed by atoms with E-state index >= 15 is 0 Å². The molecule has 0 radical (unpaired) electrons. The summed E-state index contributed by atoms with van der Waals surface area (Å²) < 4.78 is 4.67. The van der Waals surface area contributed by atoms with E-state index in [9.17, 15) is 4.79 Å². The smallest absolute Gasteiger partial charge is 0.314 e. The predicted molar refractivity (Wildman–Crippen MR) is 59.1 cm³/mol. The van der Waals surface area contributed by atoms with Crippen molar-refractivity contribution in [3.63, 3.8) is 0 Å². The summed E-state index contributed by atoms with van der Waals surface area (Å²) in [5.41, 5.74) is 1.38. The van der Waals surface area contributed by atoms with Gasteiger partial charge in [0.05, 0.1) is 13.0 Å². The first-order chi connectivity index (χ1) is 7.15. The molecule has 1 unspecified atom stereocenters. The molecule has 0 bridgehead atoms. The van der Waals surface area contributed by atoms with Crippen LogP contribution in [0.4, 0.5) is 0 Å². The minimum absolute atomic E-state index is 0.339. The Hall–Kier alpha value is -1.64. The van der Waals surface area contributed by atoms with Gasteiger partial charge in [0.1, 0.15) is 0 Å². The van der Waals surface area contributed by atoms with Crippen LogP contribution in [0, 0.1) is 11.3 Å². The highest BCUT2D eigenvalue weighted by molar-refractivity contribution is 5.99. The summed E-state index contributed by atoms with van der Waals surface area (Å²) in [7, 11) is 1.35. The van der Waals surface area contributed by atoms with Crippen LogP contribution in [-0.4, -0.2) is 18.8 Å². The van der Waals surface area contributed by atoms with E-state index in [0.29, 0.717) is 12.1 Å². The lowest BCUT2D eigenvalue weighted by atomic mass is 9.95. The fourth-order valence-electron chi connectivity index (χ4n) is 1.41. The third-order valence-electron chi connectivity index (χ3n) is 2.29. The minimum atomic E-state index is -0.461. The largest absolute Gasteiger partial charge is 0.469 e. The molecule has 0 aliphatic heterocycles. The number of methoxy groups -OCH3 is 1. The highest BCUT2D eigenvalue weighted by atomic mass is 16.5. The summed E-state index contributed by atoms with van der Waals surface area (Å²) in [5, 5.41) is 7.53. The number of nitrogens with one attached hydrogen (secondary N) is 1. The van der Waals surface area contributed by atoms with E-state index in [0.717, 1.165) is 5.56 Å². The molecular formula is C12H15NO2. The topological polar surface area (TPSA) is 50.2 Å². The SMILES string of the molecule is COC(=O)C(Cc1ccccc1)C(C)=N. The van der Waals surface area contributed by atoms with Crippen LogP contribution in [0.3, 0.4) is 0 Å². The Bertz CT molecular complexity index is 346. The number of hydrogen-bond acceptors (Lipinski definition) is 3. The van der Waals surface area contributed by atoms with Gasteiger partial charge in [-0.15, -0.1) is 0 Å². The first kappa shape index (κ1) is 11.4. The second-order valence-corrected chi connectivity index (χ2v) is 3.45. The summed E-state index contributed by atoms with van der Waals surface area (Å²) in [6.07, 6.45) is 0.531. The molecule has 1 aromatic rings. The second kappa shape index (κ2) is 5.29. The van der Waals surface area contributed by atoms with E-state index in [-0.39, 0.29) is 5.97 Å². The number of ether oxygens (including phenoxy) is 1. The standard InChI is InChI=1S/C12H15NO2/c1-9(13)11(12(14)15-2)8-10-6-4-3-5-7-10/h3-7,11,13H,8H2,1-2H3. The number of rotatable bonds is 4. The molecule has 0 heterocycles. The van der Waals surface area contributed by atoms with Gasteiger partial charge in [0, 0.05) is 5.71 Å². The van der Waals surface area contributed by atoms with Gasteiger partial charge in [-0.1, -0.05) is 30.3 Å². The fourth-order valence-corrected chi connectivity index (χ4v) is 1.41. The molecule has 0 fully saturated rings. The maximum Gasteiger partial charge on any atom is 0.314 e. The van der Waals surface area contributed by atoms with Crippen molar-refractivity contribution in [2.45, 2.75) is 13.3 Å². The van der Waals surface area contributed by atoms with E-state index < -0.39 is 5.92 Å². The minimum Gasteiger partial charge on any atom is -0.469 e. The Balaban J connectivity index is 2.76. The zero-order valence-corrected chi connectivity index (χ0v) is 8.99. The van der Waals surface area contributed by atoms with Crippen LogP contribution in [-0.2, 0) is 16.0 Å². The first-order valence-electron chi connectivity index (χ1n) is 4.82. The van der Waals surface area contributed by atoms with Gasteiger partial charge in [0.15, 0.2) is 0 Å². The van der Waals surface area contributed by atoms with Crippen molar-refractivity contribution in [3.05, 3.63) is 35.9 Å². The molecule has 0 saturated heterocycles. The summed E-state index contributed by atoms with van der Waals surface area (Å²) in [5.74, 6) is -0.802. The van der Waals surface area contributed by atoms with Crippen molar-refractivity contribution in [2.24, 2.45) is 5.92 Å². The molecule has 0 amide bonds. The van der Waals surface area contributed by atoms with Gasteiger partial charge in [0.2, 0.25) is 0 Å². The van der Waals surface area contributed by atoms with Crippen LogP contribution < -0.4 is 0 Å². The molecule has 0 saturated carbocycles. The third kappa shape index (κ3) is 3.20. The van der Waals surface area contributed by atoms with Crippen molar-refractivity contribution >= 4 is 11.7 Å². The number of hydrogen-bond donors (Lipinski definition) is 1. The molecule has 80 valence electrons. The van der Waals surface area contributed by atoms with Crippen LogP contribution in [0.5, 0.6) is 0 Å². The normalized spacial score (nSPS) is 11.9. The Morgan fingerprint density at radius 2 is 2.00 bits per heavy atom. The lowest BCUT2D eigenvalue weighted by Crippen LogP contribution is -2.25. The monoisotopic (exact) mass is 205 g/mol. The van der Waals surface area contributed by atoms with Gasteiger partial charge in [-0.2, -0.15) is 0 Å². The van der Waals surface area contributed by atoms with Crippen molar-refractivity contribution in [1.29, 1.82) is 5.41 Å². The number of carbonyl (C=O) groups excluding carboxylic acids is 1. The first-order valence-corrected chi connectivity index (χ1v) is 4.82. The van der Waals surface area contributed by atoms with E-state index in [1.807, 2.05) is 30.3 Å². The molecule has 1 aromatic carbocycles. The fraction of sp³-hybridized carbons (Fsp3) is 0.333. The van der Waals surface area contributed by atoms with Gasteiger partial charge in [-0.05, 0) is 18.9 Å². The quantitative estimate of drug-likeness (QED) is 0.604. The van der Waals surface area contributed by atoms with Crippen molar-refractivity contribution in [1.82, 2.24) is 0 Å². The van der Waals surface area contributed by atoms with Crippen molar-refractivity contribution in [2.75, 3.05) is 7.11 Å². The highest BCUT2D eigenvalue weighted by Crippen LogP contribution is 2.11. The zero-order valence-electron chi connectivity index (χ0n) is 8.99. The van der Waals surface area contributed by atoms with Gasteiger partial charge in [-0.25, -0.2) is 0 Å². The number of esters is 1. The molecule has 1 atom stereocenters. The molecule has 1 N–H and O–H groups in total. The van der Waals surface area contributed by atoms with E-state index in [4.69, 9.17) is 5.41 Å². The molecule has 0 spiro atoms. The summed E-state index contributed by atoms with van der Waals surface area (Å²) in [6.45, 7) is 1.63. The average Bonchev–Trinajstić information content (AvgIpc) is 2.26. The van der Waals surface area contributed by atoms with Gasteiger partial charge in [0.25, 0.3) is 0 Å². The Morgan fingerprint density at radius 1 is 1.40 bits per heavy atom. The van der Waals surface area contributed by atoms with Crippen LogP contribution in [0.15, 0.2) is 30.3 Å². The van der Waals surface area contributed by atoms with Crippen LogP contribution in [0.25, 0.3) is 0 Å². The summed E-state index contributed by atoms with van der Waals surface area (Å²) >= 11 is 0. The maximum absolute atomic E-state index is 11.4. The molecule has 3 nitrogen and oxygen atoms in total. The molecule has 0 aromatic heterocycles. The predicted octanol–water partition coefficient (Wildman–Crippen LogP) is 2.06. The van der Waals surface area contributed by atoms with E-state index in [1.54, 1.807) is 6.92 Å². The molecule has 0 aliphatic carbocycles. The molecule has 1 rings (SSSR count). The average molecular weight is 205 g/mol. The van der Waals surface area contributed by atoms with Crippen LogP contribution in [0.2, 0.25) is 0 Å². The lowest BCUT2D eigenvalue weighted by Gasteiger charge is -2.12. The van der Waals surface area contributed by atoms with Gasteiger partial charge < -0.3 is 10.1 Å². The maximum atomic E-state index is 11.4. The molecular weight excluding hydrogens is 190 g/mol. The molecule has 0 aliphatic rings. The van der Waals surface area contributed by atoms with Crippen molar-refractivity contribution < 1.29 is 9.53 Å². The van der Waals surface area contributed by atoms with Crippen LogP contribution in [0.1, 0.15) is 12.5 Å². The van der Waals surface area contributed by atoms with Gasteiger partial charge >= 0.3 is 5.97 Å². The number of benzene rings is 1. The lowest BCUT2D eigenvalue weighted by molar-refractivity contribution is -0.143. The highest BCUT2D eigenvalue weighted by Gasteiger charge is 2.21. The second-order valence-electron chi connectivity index (χ2n) is 3.45. The van der Waals surface area contributed by atoms with Crippen molar-refractivity contribution in [3.8, 4) is 0 Å². The Labute approximate surface area is 89.6 Å². The molecule has 15 heavy (non-hydrogen) atoms. The third-order valence-corrected chi connectivity index (χ3v) is 2.29. The number of carbonyl (C=O) groups is 1. The Kier molecular flexibility index (Phi) is 4.03. The summed E-state index contributed by atoms with van der Waals surface area (Å²) in [4.78, 5) is 11.4.